The predicted molar refractivity (Wildman–Crippen MR) is 108 cm³/mol. The Morgan fingerprint density at radius 2 is 1.85 bits per heavy atom. The summed E-state index contributed by atoms with van der Waals surface area (Å²) in [7, 11) is 1.65. The van der Waals surface area contributed by atoms with Gasteiger partial charge in [-0.3, -0.25) is 4.79 Å². The molecule has 27 heavy (non-hydrogen) atoms. The molecule has 1 aliphatic heterocycles. The quantitative estimate of drug-likeness (QED) is 0.580. The number of carbonyl (C=O) groups excluding carboxylic acids is 2. The van der Waals surface area contributed by atoms with Gasteiger partial charge in [0.15, 0.2) is 0 Å². The van der Waals surface area contributed by atoms with Crippen LogP contribution in [-0.4, -0.2) is 35.7 Å². The first-order chi connectivity index (χ1) is 12.6. The second kappa shape index (κ2) is 8.57. The van der Waals surface area contributed by atoms with Crippen LogP contribution >= 0.6 is 15.9 Å². The van der Waals surface area contributed by atoms with Gasteiger partial charge in [-0.05, 0) is 37.5 Å². The number of imide groups is 1. The Balaban J connectivity index is 2.16. The summed E-state index contributed by atoms with van der Waals surface area (Å²) >= 11 is 3.42. The molecule has 0 aliphatic carbocycles. The molecule has 0 saturated carbocycles. The molecule has 1 saturated heterocycles. The van der Waals surface area contributed by atoms with Crippen LogP contribution in [0.4, 0.5) is 4.79 Å². The van der Waals surface area contributed by atoms with Crippen molar-refractivity contribution >= 4 is 27.9 Å². The van der Waals surface area contributed by atoms with Gasteiger partial charge in [0.05, 0.1) is 12.1 Å². The van der Waals surface area contributed by atoms with E-state index in [1.807, 2.05) is 58.9 Å². The van der Waals surface area contributed by atoms with Crippen molar-refractivity contribution in [2.75, 3.05) is 7.11 Å². The molecule has 2 rings (SSSR count). The van der Waals surface area contributed by atoms with Gasteiger partial charge in [-0.2, -0.15) is 0 Å². The highest BCUT2D eigenvalue weighted by molar-refractivity contribution is 9.10. The molecule has 0 unspecified atom stereocenters. The second-order valence-corrected chi connectivity index (χ2v) is 8.71. The van der Waals surface area contributed by atoms with E-state index in [-0.39, 0.29) is 29.9 Å². The van der Waals surface area contributed by atoms with Gasteiger partial charge in [0, 0.05) is 23.6 Å². The van der Waals surface area contributed by atoms with E-state index in [0.717, 1.165) is 10.0 Å². The normalized spacial score (nSPS) is 21.6. The van der Waals surface area contributed by atoms with Crippen LogP contribution < -0.4 is 0 Å². The number of rotatable bonds is 6. The van der Waals surface area contributed by atoms with Gasteiger partial charge in [-0.25, -0.2) is 9.69 Å². The van der Waals surface area contributed by atoms with Gasteiger partial charge in [0.25, 0.3) is 5.91 Å². The zero-order valence-electron chi connectivity index (χ0n) is 16.7. The Hall–Kier alpha value is -1.66. The molecule has 3 atom stereocenters. The first kappa shape index (κ1) is 21.6. The van der Waals surface area contributed by atoms with E-state index in [4.69, 9.17) is 9.47 Å². The van der Waals surface area contributed by atoms with E-state index in [1.54, 1.807) is 13.2 Å². The summed E-state index contributed by atoms with van der Waals surface area (Å²) in [4.78, 5) is 26.2. The molecule has 1 aromatic rings. The molecule has 0 spiro atoms. The molecular weight excluding hydrogens is 410 g/mol. The van der Waals surface area contributed by atoms with E-state index in [9.17, 15) is 9.59 Å². The zero-order chi connectivity index (χ0) is 20.4. The third-order valence-electron chi connectivity index (χ3n) is 4.88. The van der Waals surface area contributed by atoms with E-state index in [0.29, 0.717) is 0 Å². The Kier molecular flexibility index (Phi) is 6.87. The first-order valence-electron chi connectivity index (χ1n) is 9.11. The number of amides is 2. The zero-order valence-corrected chi connectivity index (χ0v) is 18.3. The first-order valence-corrected chi connectivity index (χ1v) is 9.90. The van der Waals surface area contributed by atoms with Crippen LogP contribution in [0.15, 0.2) is 40.9 Å². The van der Waals surface area contributed by atoms with Gasteiger partial charge in [-0.1, -0.05) is 54.9 Å². The van der Waals surface area contributed by atoms with Crippen LogP contribution in [0.5, 0.6) is 0 Å². The molecule has 1 fully saturated rings. The summed E-state index contributed by atoms with van der Waals surface area (Å²) in [5.41, 5.74) is 0.319. The fourth-order valence-corrected chi connectivity index (χ4v) is 4.07. The third-order valence-corrected chi connectivity index (χ3v) is 5.41. The van der Waals surface area contributed by atoms with Crippen molar-refractivity contribution in [3.05, 3.63) is 46.5 Å². The number of methoxy groups -OCH3 is 1. The number of hydrogen-bond donors (Lipinski definition) is 0. The van der Waals surface area contributed by atoms with Crippen molar-refractivity contribution < 1.29 is 19.1 Å². The summed E-state index contributed by atoms with van der Waals surface area (Å²) in [5, 5.41) is 0. The van der Waals surface area contributed by atoms with E-state index >= 15 is 0 Å². The monoisotopic (exact) mass is 437 g/mol. The Bertz CT molecular complexity index is 711. The van der Waals surface area contributed by atoms with Crippen LogP contribution in [0.25, 0.3) is 0 Å². The second-order valence-electron chi connectivity index (χ2n) is 7.79. The lowest BCUT2D eigenvalue weighted by molar-refractivity contribution is -0.125. The molecule has 1 aliphatic rings. The van der Waals surface area contributed by atoms with Gasteiger partial charge in [0.1, 0.15) is 5.60 Å². The minimum absolute atomic E-state index is 0.0516. The Morgan fingerprint density at radius 3 is 2.37 bits per heavy atom. The van der Waals surface area contributed by atoms with Crippen LogP contribution in [0.3, 0.4) is 0 Å². The minimum atomic E-state index is -0.702. The van der Waals surface area contributed by atoms with Gasteiger partial charge in [-0.15, -0.1) is 0 Å². The number of nitrogens with zero attached hydrogens (tertiary/aromatic N) is 1. The predicted octanol–water partition coefficient (Wildman–Crippen LogP) is 5.11. The van der Waals surface area contributed by atoms with Crippen molar-refractivity contribution in [2.45, 2.75) is 52.4 Å². The highest BCUT2D eigenvalue weighted by atomic mass is 79.9. The van der Waals surface area contributed by atoms with E-state index < -0.39 is 11.7 Å². The average Bonchev–Trinajstić information content (AvgIpc) is 2.83. The standard InChI is InChI=1S/C21H28BrNO4/c1-13(2)19-21(4,5)27-20(25)23(19)17(24)12-7-14(3)18(26-6)15-8-10-16(22)11-9-15/h7-14,18-19H,1-6H3/b12-7+/t14-,18+,19-/m0/s1. The highest BCUT2D eigenvalue weighted by Crippen LogP contribution is 2.34. The lowest BCUT2D eigenvalue weighted by atomic mass is 9.89. The maximum absolute atomic E-state index is 12.7. The van der Waals surface area contributed by atoms with Crippen LogP contribution in [-0.2, 0) is 14.3 Å². The van der Waals surface area contributed by atoms with Crippen molar-refractivity contribution in [3.8, 4) is 0 Å². The number of benzene rings is 1. The summed E-state index contributed by atoms with van der Waals surface area (Å²) < 4.78 is 12.0. The van der Waals surface area contributed by atoms with Crippen molar-refractivity contribution in [1.82, 2.24) is 4.90 Å². The average molecular weight is 438 g/mol. The van der Waals surface area contributed by atoms with Crippen LogP contribution in [0.2, 0.25) is 0 Å². The molecule has 2 amide bonds. The largest absolute Gasteiger partial charge is 0.441 e. The van der Waals surface area contributed by atoms with Crippen molar-refractivity contribution in [2.24, 2.45) is 11.8 Å². The van der Waals surface area contributed by atoms with Gasteiger partial charge < -0.3 is 9.47 Å². The maximum atomic E-state index is 12.7. The van der Waals surface area contributed by atoms with Crippen LogP contribution in [0, 0.1) is 11.8 Å². The Labute approximate surface area is 169 Å². The number of hydrogen-bond acceptors (Lipinski definition) is 4. The molecule has 1 aromatic carbocycles. The van der Waals surface area contributed by atoms with Gasteiger partial charge >= 0.3 is 6.09 Å². The smallest absolute Gasteiger partial charge is 0.417 e. The molecule has 6 heteroatoms. The number of halogens is 1. The van der Waals surface area contributed by atoms with Crippen molar-refractivity contribution in [1.29, 1.82) is 0 Å². The molecule has 0 radical (unpaired) electrons. The van der Waals surface area contributed by atoms with Gasteiger partial charge in [0.2, 0.25) is 0 Å². The third kappa shape index (κ3) is 4.79. The lowest BCUT2D eigenvalue weighted by Crippen LogP contribution is -2.47. The lowest BCUT2D eigenvalue weighted by Gasteiger charge is -2.30. The molecule has 1 heterocycles. The molecule has 148 valence electrons. The summed E-state index contributed by atoms with van der Waals surface area (Å²) in [5.74, 6) is -0.318. The van der Waals surface area contributed by atoms with E-state index in [2.05, 4.69) is 15.9 Å². The van der Waals surface area contributed by atoms with Crippen molar-refractivity contribution in [3.63, 3.8) is 0 Å². The maximum Gasteiger partial charge on any atom is 0.417 e. The Morgan fingerprint density at radius 1 is 1.26 bits per heavy atom. The van der Waals surface area contributed by atoms with E-state index in [1.165, 1.54) is 11.0 Å². The summed E-state index contributed by atoms with van der Waals surface area (Å²) in [6, 6.07) is 7.58. The SMILES string of the molecule is CO[C@@H](c1ccc(Br)cc1)[C@@H](C)/C=C/C(=O)N1C(=O)OC(C)(C)[C@@H]1C(C)C. The molecular formula is C21H28BrNO4. The molecule has 5 nitrogen and oxygen atoms in total. The fourth-order valence-electron chi connectivity index (χ4n) is 3.81. The molecule has 0 aromatic heterocycles. The molecule has 0 N–H and O–H groups in total. The molecule has 0 bridgehead atoms. The van der Waals surface area contributed by atoms with Crippen LogP contribution in [0.1, 0.15) is 46.3 Å². The fraction of sp³-hybridized carbons (Fsp3) is 0.524. The number of cyclic esters (lactones) is 1. The summed E-state index contributed by atoms with van der Waals surface area (Å²) in [6.07, 6.45) is 2.46. The highest BCUT2D eigenvalue weighted by Gasteiger charge is 2.51. The minimum Gasteiger partial charge on any atom is -0.441 e. The topological polar surface area (TPSA) is 55.8 Å². The number of carbonyl (C=O) groups is 2. The number of ether oxygens (including phenoxy) is 2. The summed E-state index contributed by atoms with van der Waals surface area (Å²) in [6.45, 7) is 9.62.